The van der Waals surface area contributed by atoms with E-state index >= 15 is 0 Å². The van der Waals surface area contributed by atoms with E-state index in [1.54, 1.807) is 12.1 Å². The Labute approximate surface area is 105 Å². The minimum atomic E-state index is -0.696. The average molecular weight is 249 g/mol. The Morgan fingerprint density at radius 1 is 1.33 bits per heavy atom. The molecule has 18 heavy (non-hydrogen) atoms. The van der Waals surface area contributed by atoms with Crippen LogP contribution >= 0.6 is 0 Å². The van der Waals surface area contributed by atoms with Crippen molar-refractivity contribution in [3.05, 3.63) is 36.4 Å². The summed E-state index contributed by atoms with van der Waals surface area (Å²) in [6, 6.07) is 4.64. The van der Waals surface area contributed by atoms with Gasteiger partial charge in [-0.25, -0.2) is 0 Å². The maximum Gasteiger partial charge on any atom is 0.292 e. The molecule has 0 aromatic heterocycles. The van der Waals surface area contributed by atoms with E-state index in [2.05, 4.69) is 11.9 Å². The lowest BCUT2D eigenvalue weighted by atomic mass is 10.1. The first-order valence-corrected chi connectivity index (χ1v) is 5.29. The van der Waals surface area contributed by atoms with Gasteiger partial charge in [-0.1, -0.05) is 6.08 Å². The van der Waals surface area contributed by atoms with E-state index < -0.39 is 11.7 Å². The third-order valence-electron chi connectivity index (χ3n) is 2.27. The van der Waals surface area contributed by atoms with Crippen LogP contribution in [0.4, 0.5) is 0 Å². The monoisotopic (exact) mass is 249 g/mol. The molecule has 96 valence electrons. The molecule has 1 amide bonds. The van der Waals surface area contributed by atoms with Crippen LogP contribution in [-0.4, -0.2) is 32.5 Å². The van der Waals surface area contributed by atoms with E-state index in [1.165, 1.54) is 26.4 Å². The van der Waals surface area contributed by atoms with E-state index in [4.69, 9.17) is 9.47 Å². The SMILES string of the molecule is C=CCNC(=O)C(=O)c1ccc(OC)cc1OC. The Kier molecular flexibility index (Phi) is 4.92. The third kappa shape index (κ3) is 3.10. The molecule has 0 unspecified atom stereocenters. The highest BCUT2D eigenvalue weighted by atomic mass is 16.5. The zero-order valence-electron chi connectivity index (χ0n) is 10.4. The number of rotatable bonds is 6. The molecule has 5 heteroatoms. The van der Waals surface area contributed by atoms with Crippen LogP contribution in [0.3, 0.4) is 0 Å². The molecule has 0 radical (unpaired) electrons. The number of hydrogen-bond donors (Lipinski definition) is 1. The van der Waals surface area contributed by atoms with Crippen LogP contribution in [0.5, 0.6) is 11.5 Å². The molecule has 0 aliphatic rings. The van der Waals surface area contributed by atoms with E-state index in [1.807, 2.05) is 0 Å². The Hall–Kier alpha value is -2.30. The fraction of sp³-hybridized carbons (Fsp3) is 0.231. The molecule has 0 fully saturated rings. The standard InChI is InChI=1S/C13H15NO4/c1-4-7-14-13(16)12(15)10-6-5-9(17-2)8-11(10)18-3/h4-6,8H,1,7H2,2-3H3,(H,14,16). The fourth-order valence-electron chi connectivity index (χ4n) is 1.35. The molecule has 0 spiro atoms. The first kappa shape index (κ1) is 13.8. The Morgan fingerprint density at radius 2 is 2.06 bits per heavy atom. The topological polar surface area (TPSA) is 64.6 Å². The molecular weight excluding hydrogens is 234 g/mol. The van der Waals surface area contributed by atoms with Crippen molar-refractivity contribution in [1.82, 2.24) is 5.32 Å². The van der Waals surface area contributed by atoms with Crippen molar-refractivity contribution < 1.29 is 19.1 Å². The number of Topliss-reactive ketones (excluding diaryl/α,β-unsaturated/α-hetero) is 1. The number of methoxy groups -OCH3 is 2. The molecule has 0 aliphatic carbocycles. The van der Waals surface area contributed by atoms with E-state index in [-0.39, 0.29) is 12.1 Å². The second-order valence-electron chi connectivity index (χ2n) is 3.39. The highest BCUT2D eigenvalue weighted by Gasteiger charge is 2.20. The van der Waals surface area contributed by atoms with Gasteiger partial charge in [-0.05, 0) is 12.1 Å². The smallest absolute Gasteiger partial charge is 0.292 e. The summed E-state index contributed by atoms with van der Waals surface area (Å²) in [5, 5.41) is 2.42. The first-order valence-electron chi connectivity index (χ1n) is 5.29. The summed E-state index contributed by atoms with van der Waals surface area (Å²) >= 11 is 0. The molecular formula is C13H15NO4. The maximum absolute atomic E-state index is 11.9. The van der Waals surface area contributed by atoms with Crippen LogP contribution in [0.25, 0.3) is 0 Å². The molecule has 1 aromatic carbocycles. The second kappa shape index (κ2) is 6.44. The van der Waals surface area contributed by atoms with Gasteiger partial charge in [-0.3, -0.25) is 9.59 Å². The van der Waals surface area contributed by atoms with Gasteiger partial charge in [0.1, 0.15) is 11.5 Å². The lowest BCUT2D eigenvalue weighted by molar-refractivity contribution is -0.116. The summed E-state index contributed by atoms with van der Waals surface area (Å²) in [5.74, 6) is -0.502. The van der Waals surface area contributed by atoms with Gasteiger partial charge in [-0.2, -0.15) is 0 Å². The first-order chi connectivity index (χ1) is 8.63. The molecule has 0 saturated carbocycles. The average Bonchev–Trinajstić information content (AvgIpc) is 2.43. The van der Waals surface area contributed by atoms with Gasteiger partial charge >= 0.3 is 0 Å². The summed E-state index contributed by atoms with van der Waals surface area (Å²) in [6.45, 7) is 3.69. The highest BCUT2D eigenvalue weighted by molar-refractivity contribution is 6.43. The summed E-state index contributed by atoms with van der Waals surface area (Å²) in [4.78, 5) is 23.4. The van der Waals surface area contributed by atoms with Crippen LogP contribution < -0.4 is 14.8 Å². The van der Waals surface area contributed by atoms with Crippen molar-refractivity contribution in [2.75, 3.05) is 20.8 Å². The predicted molar refractivity (Wildman–Crippen MR) is 67.1 cm³/mol. The van der Waals surface area contributed by atoms with Crippen molar-refractivity contribution in [1.29, 1.82) is 0 Å². The molecule has 1 N–H and O–H groups in total. The highest BCUT2D eigenvalue weighted by Crippen LogP contribution is 2.24. The van der Waals surface area contributed by atoms with Crippen molar-refractivity contribution in [3.63, 3.8) is 0 Å². The molecule has 1 rings (SSSR count). The van der Waals surface area contributed by atoms with Gasteiger partial charge in [0.15, 0.2) is 0 Å². The second-order valence-corrected chi connectivity index (χ2v) is 3.39. The van der Waals surface area contributed by atoms with Crippen molar-refractivity contribution >= 4 is 11.7 Å². The number of carbonyl (C=O) groups is 2. The largest absolute Gasteiger partial charge is 0.497 e. The molecule has 0 saturated heterocycles. The zero-order chi connectivity index (χ0) is 13.5. The number of carbonyl (C=O) groups excluding carboxylic acids is 2. The Balaban J connectivity index is 2.97. The lowest BCUT2D eigenvalue weighted by Crippen LogP contribution is -2.31. The number of amides is 1. The van der Waals surface area contributed by atoms with Crippen LogP contribution in [-0.2, 0) is 4.79 Å². The zero-order valence-corrected chi connectivity index (χ0v) is 10.4. The van der Waals surface area contributed by atoms with Crippen LogP contribution in [0.15, 0.2) is 30.9 Å². The Bertz CT molecular complexity index is 468. The summed E-state index contributed by atoms with van der Waals surface area (Å²) in [5.41, 5.74) is 0.194. The molecule has 0 bridgehead atoms. The number of ether oxygens (including phenoxy) is 2. The van der Waals surface area contributed by atoms with E-state index in [9.17, 15) is 9.59 Å². The molecule has 0 aliphatic heterocycles. The summed E-state index contributed by atoms with van der Waals surface area (Å²) < 4.78 is 10.1. The van der Waals surface area contributed by atoms with Crippen molar-refractivity contribution in [2.45, 2.75) is 0 Å². The molecule has 0 atom stereocenters. The van der Waals surface area contributed by atoms with Gasteiger partial charge in [0.25, 0.3) is 11.7 Å². The number of nitrogens with one attached hydrogen (secondary N) is 1. The van der Waals surface area contributed by atoms with E-state index in [0.717, 1.165) is 0 Å². The minimum Gasteiger partial charge on any atom is -0.497 e. The maximum atomic E-state index is 11.9. The van der Waals surface area contributed by atoms with Crippen LogP contribution in [0, 0.1) is 0 Å². The summed E-state index contributed by atoms with van der Waals surface area (Å²) in [6.07, 6.45) is 1.50. The number of benzene rings is 1. The van der Waals surface area contributed by atoms with Gasteiger partial charge in [-0.15, -0.1) is 6.58 Å². The number of ketones is 1. The predicted octanol–water partition coefficient (Wildman–Crippen LogP) is 1.19. The van der Waals surface area contributed by atoms with Crippen molar-refractivity contribution in [2.24, 2.45) is 0 Å². The van der Waals surface area contributed by atoms with Crippen molar-refractivity contribution in [3.8, 4) is 11.5 Å². The molecule has 0 heterocycles. The van der Waals surface area contributed by atoms with Crippen LogP contribution in [0.1, 0.15) is 10.4 Å². The summed E-state index contributed by atoms with van der Waals surface area (Å²) in [7, 11) is 2.93. The van der Waals surface area contributed by atoms with Gasteiger partial charge in [0, 0.05) is 12.6 Å². The van der Waals surface area contributed by atoms with Crippen LogP contribution in [0.2, 0.25) is 0 Å². The fourth-order valence-corrected chi connectivity index (χ4v) is 1.35. The van der Waals surface area contributed by atoms with Gasteiger partial charge in [0.2, 0.25) is 0 Å². The lowest BCUT2D eigenvalue weighted by Gasteiger charge is -2.09. The number of hydrogen-bond acceptors (Lipinski definition) is 4. The third-order valence-corrected chi connectivity index (χ3v) is 2.27. The normalized spacial score (nSPS) is 9.44. The quantitative estimate of drug-likeness (QED) is 0.467. The Morgan fingerprint density at radius 3 is 2.61 bits per heavy atom. The van der Waals surface area contributed by atoms with E-state index in [0.29, 0.717) is 11.5 Å². The minimum absolute atomic E-state index is 0.194. The van der Waals surface area contributed by atoms with Gasteiger partial charge < -0.3 is 14.8 Å². The van der Waals surface area contributed by atoms with Gasteiger partial charge in [0.05, 0.1) is 19.8 Å². The molecule has 1 aromatic rings. The molecule has 5 nitrogen and oxygen atoms in total.